The standard InChI is InChI=1S/C10H12F3NO/c1-7-3-8(6-14(2)15)5-9(4-7)10(11,12)13/h3-5,15H,6H2,1-2H3. The van der Waals surface area contributed by atoms with Crippen molar-refractivity contribution in [2.45, 2.75) is 19.6 Å². The Bertz CT molecular complexity index is 347. The second-order valence-electron chi connectivity index (χ2n) is 3.52. The van der Waals surface area contributed by atoms with Crippen LogP contribution in [0, 0.1) is 6.92 Å². The van der Waals surface area contributed by atoms with E-state index in [9.17, 15) is 13.2 Å². The van der Waals surface area contributed by atoms with Crippen molar-refractivity contribution in [2.24, 2.45) is 0 Å². The van der Waals surface area contributed by atoms with Crippen LogP contribution in [0.1, 0.15) is 16.7 Å². The predicted molar refractivity (Wildman–Crippen MR) is 49.4 cm³/mol. The third kappa shape index (κ3) is 3.53. The lowest BCUT2D eigenvalue weighted by Gasteiger charge is -2.12. The first-order valence-corrected chi connectivity index (χ1v) is 4.37. The number of hydrogen-bond acceptors (Lipinski definition) is 2. The Balaban J connectivity index is 3.06. The van der Waals surface area contributed by atoms with Crippen LogP contribution in [0.5, 0.6) is 0 Å². The number of benzene rings is 1. The third-order valence-corrected chi connectivity index (χ3v) is 1.88. The van der Waals surface area contributed by atoms with Crippen LogP contribution in [-0.2, 0) is 12.7 Å². The highest BCUT2D eigenvalue weighted by Crippen LogP contribution is 2.30. The number of nitrogens with zero attached hydrogens (tertiary/aromatic N) is 1. The Hall–Kier alpha value is -1.07. The number of hydrogen-bond donors (Lipinski definition) is 1. The molecule has 1 aromatic carbocycles. The fourth-order valence-electron chi connectivity index (χ4n) is 1.38. The van der Waals surface area contributed by atoms with Crippen LogP contribution in [0.4, 0.5) is 13.2 Å². The Morgan fingerprint density at radius 3 is 2.33 bits per heavy atom. The van der Waals surface area contributed by atoms with Crippen LogP contribution < -0.4 is 0 Å². The van der Waals surface area contributed by atoms with Gasteiger partial charge < -0.3 is 5.21 Å². The van der Waals surface area contributed by atoms with Crippen LogP contribution in [0.3, 0.4) is 0 Å². The van der Waals surface area contributed by atoms with Crippen LogP contribution in [0.15, 0.2) is 18.2 Å². The monoisotopic (exact) mass is 219 g/mol. The first kappa shape index (κ1) is 12.0. The molecule has 0 aliphatic heterocycles. The predicted octanol–water partition coefficient (Wildman–Crippen LogP) is 2.83. The summed E-state index contributed by atoms with van der Waals surface area (Å²) in [6.07, 6.45) is -4.34. The molecule has 84 valence electrons. The van der Waals surface area contributed by atoms with E-state index in [0.29, 0.717) is 11.1 Å². The summed E-state index contributed by atoms with van der Waals surface area (Å²) in [6.45, 7) is 1.67. The molecular weight excluding hydrogens is 207 g/mol. The van der Waals surface area contributed by atoms with Crippen molar-refractivity contribution in [1.82, 2.24) is 5.06 Å². The summed E-state index contributed by atoms with van der Waals surface area (Å²) in [5.41, 5.74) is 0.286. The Kier molecular flexibility index (Phi) is 3.36. The van der Waals surface area contributed by atoms with E-state index in [4.69, 9.17) is 5.21 Å². The van der Waals surface area contributed by atoms with Crippen LogP contribution >= 0.6 is 0 Å². The maximum absolute atomic E-state index is 12.4. The smallest absolute Gasteiger partial charge is 0.314 e. The molecule has 0 heterocycles. The summed E-state index contributed by atoms with van der Waals surface area (Å²) in [7, 11) is 1.38. The molecule has 5 heteroatoms. The molecule has 0 fully saturated rings. The van der Waals surface area contributed by atoms with E-state index in [1.54, 1.807) is 13.0 Å². The molecule has 2 nitrogen and oxygen atoms in total. The zero-order chi connectivity index (χ0) is 11.6. The number of aryl methyl sites for hydroxylation is 1. The fourth-order valence-corrected chi connectivity index (χ4v) is 1.38. The summed E-state index contributed by atoms with van der Waals surface area (Å²) >= 11 is 0. The molecular formula is C10H12F3NO. The molecule has 0 aromatic heterocycles. The number of alkyl halides is 3. The highest BCUT2D eigenvalue weighted by atomic mass is 19.4. The van der Waals surface area contributed by atoms with Crippen molar-refractivity contribution < 1.29 is 18.4 Å². The lowest BCUT2D eigenvalue weighted by Crippen LogP contribution is -2.13. The van der Waals surface area contributed by atoms with Gasteiger partial charge in [-0.25, -0.2) is 0 Å². The van der Waals surface area contributed by atoms with Gasteiger partial charge in [0.2, 0.25) is 0 Å². The van der Waals surface area contributed by atoms with E-state index in [1.807, 2.05) is 0 Å². The van der Waals surface area contributed by atoms with Gasteiger partial charge in [0.25, 0.3) is 0 Å². The molecule has 0 atom stereocenters. The van der Waals surface area contributed by atoms with Crippen molar-refractivity contribution in [1.29, 1.82) is 0 Å². The van der Waals surface area contributed by atoms with E-state index in [1.165, 1.54) is 7.05 Å². The molecule has 0 unspecified atom stereocenters. The molecule has 0 spiro atoms. The average Bonchev–Trinajstić information content (AvgIpc) is 1.99. The molecule has 0 aliphatic rings. The van der Waals surface area contributed by atoms with Gasteiger partial charge in [0.05, 0.1) is 5.56 Å². The van der Waals surface area contributed by atoms with Crippen molar-refractivity contribution in [3.8, 4) is 0 Å². The first-order chi connectivity index (χ1) is 6.79. The van der Waals surface area contributed by atoms with Gasteiger partial charge in [-0.15, -0.1) is 0 Å². The molecule has 0 bridgehead atoms. The van der Waals surface area contributed by atoms with Gasteiger partial charge >= 0.3 is 6.18 Å². The molecule has 0 amide bonds. The minimum atomic E-state index is -4.34. The summed E-state index contributed by atoms with van der Waals surface area (Å²) < 4.78 is 37.2. The summed E-state index contributed by atoms with van der Waals surface area (Å²) in [6, 6.07) is 3.74. The van der Waals surface area contributed by atoms with Crippen LogP contribution in [0.2, 0.25) is 0 Å². The van der Waals surface area contributed by atoms with E-state index in [-0.39, 0.29) is 6.54 Å². The SMILES string of the molecule is Cc1cc(CN(C)O)cc(C(F)(F)F)c1. The van der Waals surface area contributed by atoms with E-state index in [0.717, 1.165) is 17.2 Å². The van der Waals surface area contributed by atoms with Crippen LogP contribution in [-0.4, -0.2) is 17.3 Å². The molecule has 15 heavy (non-hydrogen) atoms. The quantitative estimate of drug-likeness (QED) is 0.773. The number of halogens is 3. The molecule has 1 N–H and O–H groups in total. The molecule has 0 saturated heterocycles. The van der Waals surface area contributed by atoms with Gasteiger partial charge in [-0.1, -0.05) is 11.6 Å². The zero-order valence-corrected chi connectivity index (χ0v) is 8.47. The van der Waals surface area contributed by atoms with Crippen molar-refractivity contribution in [3.05, 3.63) is 34.9 Å². The maximum atomic E-state index is 12.4. The molecule has 1 aromatic rings. The lowest BCUT2D eigenvalue weighted by atomic mass is 10.1. The molecule has 0 aliphatic carbocycles. The number of rotatable bonds is 2. The summed E-state index contributed by atoms with van der Waals surface area (Å²) in [5, 5.41) is 9.78. The molecule has 0 radical (unpaired) electrons. The largest absolute Gasteiger partial charge is 0.416 e. The highest BCUT2D eigenvalue weighted by Gasteiger charge is 2.30. The lowest BCUT2D eigenvalue weighted by molar-refractivity contribution is -0.137. The van der Waals surface area contributed by atoms with Crippen molar-refractivity contribution in [3.63, 3.8) is 0 Å². The van der Waals surface area contributed by atoms with Gasteiger partial charge in [0.1, 0.15) is 0 Å². The van der Waals surface area contributed by atoms with Crippen molar-refractivity contribution >= 4 is 0 Å². The van der Waals surface area contributed by atoms with Gasteiger partial charge in [-0.05, 0) is 24.6 Å². The second kappa shape index (κ2) is 4.20. The second-order valence-corrected chi connectivity index (χ2v) is 3.52. The van der Waals surface area contributed by atoms with E-state index >= 15 is 0 Å². The Morgan fingerprint density at radius 1 is 1.27 bits per heavy atom. The third-order valence-electron chi connectivity index (χ3n) is 1.88. The Labute approximate surface area is 85.9 Å². The van der Waals surface area contributed by atoms with Crippen LogP contribution in [0.25, 0.3) is 0 Å². The van der Waals surface area contributed by atoms with E-state index < -0.39 is 11.7 Å². The first-order valence-electron chi connectivity index (χ1n) is 4.37. The van der Waals surface area contributed by atoms with Gasteiger partial charge in [0.15, 0.2) is 0 Å². The van der Waals surface area contributed by atoms with E-state index in [2.05, 4.69) is 0 Å². The highest BCUT2D eigenvalue weighted by molar-refractivity contribution is 5.31. The fraction of sp³-hybridized carbons (Fsp3) is 0.400. The zero-order valence-electron chi connectivity index (χ0n) is 8.47. The van der Waals surface area contributed by atoms with Crippen molar-refractivity contribution in [2.75, 3.05) is 7.05 Å². The summed E-state index contributed by atoms with van der Waals surface area (Å²) in [5.74, 6) is 0. The average molecular weight is 219 g/mol. The minimum absolute atomic E-state index is 0.0742. The topological polar surface area (TPSA) is 23.5 Å². The minimum Gasteiger partial charge on any atom is -0.314 e. The molecule has 0 saturated carbocycles. The Morgan fingerprint density at radius 2 is 1.87 bits per heavy atom. The van der Waals surface area contributed by atoms with Gasteiger partial charge in [0, 0.05) is 13.6 Å². The van der Waals surface area contributed by atoms with Gasteiger partial charge in [-0.3, -0.25) is 0 Å². The van der Waals surface area contributed by atoms with Gasteiger partial charge in [-0.2, -0.15) is 18.2 Å². The summed E-state index contributed by atoms with van der Waals surface area (Å²) in [4.78, 5) is 0. The number of hydroxylamine groups is 2. The normalized spacial score (nSPS) is 12.2. The maximum Gasteiger partial charge on any atom is 0.416 e. The molecule has 1 rings (SSSR count).